The van der Waals surface area contributed by atoms with Crippen LogP contribution in [0.15, 0.2) is 24.3 Å². The average Bonchev–Trinajstić information content (AvgIpc) is 3.26. The minimum absolute atomic E-state index is 0.0120. The Morgan fingerprint density at radius 1 is 0.443 bits per heavy atom. The van der Waals surface area contributed by atoms with E-state index in [1.54, 1.807) is 6.08 Å². The number of hydrogen-bond acceptors (Lipinski definition) is 5. The lowest BCUT2D eigenvalue weighted by atomic mass is 10.0. The molecule has 0 heterocycles. The molecular formula is C55H105NO5. The molecule has 0 aromatic heterocycles. The SMILES string of the molecule is CCCCCCC/C=C\CCCCCCCC(=O)OCCCCCCCCCCCCCCCCC(=O)NC(CO)C(O)/C=C/CCCCCCCCCCCCCCCC. The standard InChI is InChI=1S/C55H105NO5/c1-3-5-7-9-11-13-15-17-19-20-23-27-31-35-39-43-47-53(58)52(51-57)56-54(59)48-44-40-36-32-28-24-21-22-26-30-34-38-42-46-50-61-55(60)49-45-41-37-33-29-25-18-16-14-12-10-8-6-4-2/h16,18,43,47,52-53,57-58H,3-15,17,19-42,44-46,48-51H2,1-2H3,(H,56,59)/b18-16-,47-43+. The van der Waals surface area contributed by atoms with Crippen LogP contribution < -0.4 is 5.32 Å². The van der Waals surface area contributed by atoms with Crippen molar-refractivity contribution in [2.75, 3.05) is 13.2 Å². The van der Waals surface area contributed by atoms with E-state index in [0.717, 1.165) is 57.8 Å². The van der Waals surface area contributed by atoms with Gasteiger partial charge in [0.25, 0.3) is 0 Å². The number of ether oxygens (including phenoxy) is 1. The maximum absolute atomic E-state index is 12.4. The number of aliphatic hydroxyl groups is 2. The first-order chi connectivity index (χ1) is 30.0. The van der Waals surface area contributed by atoms with Gasteiger partial charge in [0.15, 0.2) is 0 Å². The lowest BCUT2D eigenvalue weighted by Crippen LogP contribution is -2.45. The van der Waals surface area contributed by atoms with E-state index in [-0.39, 0.29) is 18.5 Å². The molecule has 0 saturated carbocycles. The highest BCUT2D eigenvalue weighted by Gasteiger charge is 2.18. The largest absolute Gasteiger partial charge is 0.466 e. The van der Waals surface area contributed by atoms with Crippen molar-refractivity contribution in [3.63, 3.8) is 0 Å². The topological polar surface area (TPSA) is 95.9 Å². The first-order valence-corrected chi connectivity index (χ1v) is 27.1. The molecule has 0 rings (SSSR count). The quantitative estimate of drug-likeness (QED) is 0.0322. The zero-order valence-corrected chi connectivity index (χ0v) is 40.9. The second-order valence-corrected chi connectivity index (χ2v) is 18.6. The lowest BCUT2D eigenvalue weighted by molar-refractivity contribution is -0.143. The third-order valence-corrected chi connectivity index (χ3v) is 12.5. The minimum Gasteiger partial charge on any atom is -0.466 e. The van der Waals surface area contributed by atoms with Crippen LogP contribution in [0.2, 0.25) is 0 Å². The molecule has 0 spiro atoms. The molecule has 3 N–H and O–H groups in total. The van der Waals surface area contributed by atoms with Gasteiger partial charge in [0, 0.05) is 12.8 Å². The number of carbonyl (C=O) groups is 2. The van der Waals surface area contributed by atoms with Crippen LogP contribution in [0.1, 0.15) is 290 Å². The summed E-state index contributed by atoms with van der Waals surface area (Å²) < 4.78 is 5.46. The molecule has 0 aromatic rings. The van der Waals surface area contributed by atoms with Crippen LogP contribution in [-0.4, -0.2) is 47.4 Å². The highest BCUT2D eigenvalue weighted by atomic mass is 16.5. The van der Waals surface area contributed by atoms with Crippen LogP contribution in [0.4, 0.5) is 0 Å². The molecule has 0 aliphatic carbocycles. The molecule has 6 heteroatoms. The molecule has 2 atom stereocenters. The Labute approximate surface area is 380 Å². The van der Waals surface area contributed by atoms with Crippen molar-refractivity contribution in [2.45, 2.75) is 302 Å². The number of rotatable bonds is 50. The number of amides is 1. The van der Waals surface area contributed by atoms with E-state index in [1.807, 2.05) is 6.08 Å². The molecule has 0 aliphatic heterocycles. The molecule has 61 heavy (non-hydrogen) atoms. The Bertz CT molecular complexity index is 951. The molecule has 2 unspecified atom stereocenters. The van der Waals surface area contributed by atoms with Gasteiger partial charge in [0.1, 0.15) is 0 Å². The summed E-state index contributed by atoms with van der Waals surface area (Å²) in [5, 5.41) is 23.1. The van der Waals surface area contributed by atoms with Gasteiger partial charge in [-0.15, -0.1) is 0 Å². The van der Waals surface area contributed by atoms with Gasteiger partial charge in [-0.05, 0) is 57.8 Å². The Morgan fingerprint density at radius 3 is 1.16 bits per heavy atom. The van der Waals surface area contributed by atoms with Gasteiger partial charge in [0.2, 0.25) is 5.91 Å². The van der Waals surface area contributed by atoms with E-state index in [1.165, 1.54) is 205 Å². The molecule has 0 saturated heterocycles. The molecule has 0 fully saturated rings. The molecule has 0 bridgehead atoms. The fourth-order valence-electron chi connectivity index (χ4n) is 8.27. The molecule has 0 radical (unpaired) electrons. The van der Waals surface area contributed by atoms with Crippen LogP contribution in [-0.2, 0) is 14.3 Å². The van der Waals surface area contributed by atoms with Crippen LogP contribution in [0, 0.1) is 0 Å². The van der Waals surface area contributed by atoms with E-state index < -0.39 is 12.1 Å². The molecular weight excluding hydrogens is 755 g/mol. The van der Waals surface area contributed by atoms with Crippen molar-refractivity contribution in [2.24, 2.45) is 0 Å². The van der Waals surface area contributed by atoms with E-state index in [2.05, 4.69) is 31.3 Å². The zero-order chi connectivity index (χ0) is 44.4. The third kappa shape index (κ3) is 47.7. The summed E-state index contributed by atoms with van der Waals surface area (Å²) in [6, 6.07) is -0.635. The fourth-order valence-corrected chi connectivity index (χ4v) is 8.27. The third-order valence-electron chi connectivity index (χ3n) is 12.5. The average molecular weight is 860 g/mol. The summed E-state index contributed by atoms with van der Waals surface area (Å²) in [6.07, 6.45) is 60.3. The number of carbonyl (C=O) groups excluding carboxylic acids is 2. The van der Waals surface area contributed by atoms with Gasteiger partial charge in [-0.1, -0.05) is 244 Å². The monoisotopic (exact) mass is 860 g/mol. The first-order valence-electron chi connectivity index (χ1n) is 27.1. The number of esters is 1. The summed E-state index contributed by atoms with van der Waals surface area (Å²) in [5.74, 6) is -0.0897. The summed E-state index contributed by atoms with van der Waals surface area (Å²) in [6.45, 7) is 4.87. The predicted octanol–water partition coefficient (Wildman–Crippen LogP) is 16.3. The van der Waals surface area contributed by atoms with E-state index in [9.17, 15) is 19.8 Å². The number of hydrogen-bond donors (Lipinski definition) is 3. The van der Waals surface area contributed by atoms with Crippen LogP contribution >= 0.6 is 0 Å². The number of nitrogens with one attached hydrogen (secondary N) is 1. The molecule has 6 nitrogen and oxygen atoms in total. The van der Waals surface area contributed by atoms with Crippen molar-refractivity contribution in [1.82, 2.24) is 5.32 Å². The Balaban J connectivity index is 3.48. The van der Waals surface area contributed by atoms with Crippen molar-refractivity contribution >= 4 is 11.9 Å². The van der Waals surface area contributed by atoms with Gasteiger partial charge in [0.05, 0.1) is 25.4 Å². The summed E-state index contributed by atoms with van der Waals surface area (Å²) >= 11 is 0. The maximum atomic E-state index is 12.4. The van der Waals surface area contributed by atoms with E-state index in [4.69, 9.17) is 4.74 Å². The maximum Gasteiger partial charge on any atom is 0.305 e. The van der Waals surface area contributed by atoms with Crippen molar-refractivity contribution in [1.29, 1.82) is 0 Å². The Morgan fingerprint density at radius 2 is 0.770 bits per heavy atom. The van der Waals surface area contributed by atoms with Crippen LogP contribution in [0.5, 0.6) is 0 Å². The molecule has 1 amide bonds. The highest BCUT2D eigenvalue weighted by molar-refractivity contribution is 5.76. The van der Waals surface area contributed by atoms with Gasteiger partial charge in [-0.3, -0.25) is 9.59 Å². The Hall–Kier alpha value is -1.66. The summed E-state index contributed by atoms with van der Waals surface area (Å²) in [4.78, 5) is 24.5. The van der Waals surface area contributed by atoms with Crippen molar-refractivity contribution < 1.29 is 24.5 Å². The fraction of sp³-hybridized carbons (Fsp3) is 0.891. The van der Waals surface area contributed by atoms with Crippen molar-refractivity contribution in [3.8, 4) is 0 Å². The second-order valence-electron chi connectivity index (χ2n) is 18.6. The predicted molar refractivity (Wildman–Crippen MR) is 264 cm³/mol. The summed E-state index contributed by atoms with van der Waals surface area (Å²) in [5.41, 5.74) is 0. The molecule has 0 aliphatic rings. The number of allylic oxidation sites excluding steroid dienone is 3. The zero-order valence-electron chi connectivity index (χ0n) is 40.9. The normalized spacial score (nSPS) is 12.8. The molecule has 0 aromatic carbocycles. The first kappa shape index (κ1) is 59.3. The second kappa shape index (κ2) is 51.0. The van der Waals surface area contributed by atoms with Crippen molar-refractivity contribution in [3.05, 3.63) is 24.3 Å². The molecule has 360 valence electrons. The van der Waals surface area contributed by atoms with Crippen LogP contribution in [0.25, 0.3) is 0 Å². The minimum atomic E-state index is -0.851. The number of aliphatic hydroxyl groups excluding tert-OH is 2. The van der Waals surface area contributed by atoms with E-state index >= 15 is 0 Å². The van der Waals surface area contributed by atoms with Crippen LogP contribution in [0.3, 0.4) is 0 Å². The Kier molecular flexibility index (Phi) is 49.6. The van der Waals surface area contributed by atoms with E-state index in [0.29, 0.717) is 19.4 Å². The highest BCUT2D eigenvalue weighted by Crippen LogP contribution is 2.16. The van der Waals surface area contributed by atoms with Gasteiger partial charge >= 0.3 is 5.97 Å². The summed E-state index contributed by atoms with van der Waals surface area (Å²) in [7, 11) is 0. The van der Waals surface area contributed by atoms with Gasteiger partial charge in [-0.2, -0.15) is 0 Å². The van der Waals surface area contributed by atoms with Gasteiger partial charge < -0.3 is 20.3 Å². The number of unbranched alkanes of at least 4 members (excludes halogenated alkanes) is 37. The smallest absolute Gasteiger partial charge is 0.305 e. The lowest BCUT2D eigenvalue weighted by Gasteiger charge is -2.20. The van der Waals surface area contributed by atoms with Gasteiger partial charge in [-0.25, -0.2) is 0 Å².